The first kappa shape index (κ1) is 8.44. The number of aromatic nitrogens is 2. The first-order valence-corrected chi connectivity index (χ1v) is 4.65. The molecule has 4 heteroatoms. The van der Waals surface area contributed by atoms with E-state index in [1.165, 1.54) is 12.8 Å². The molecule has 2 rings (SSSR count). The van der Waals surface area contributed by atoms with Crippen LogP contribution >= 0.6 is 0 Å². The van der Waals surface area contributed by atoms with Gasteiger partial charge in [-0.3, -0.25) is 0 Å². The van der Waals surface area contributed by atoms with E-state index in [2.05, 4.69) is 27.3 Å². The minimum atomic E-state index is 0.606. The summed E-state index contributed by atoms with van der Waals surface area (Å²) in [5.74, 6) is 0.878. The summed E-state index contributed by atoms with van der Waals surface area (Å²) < 4.78 is 0. The summed E-state index contributed by atoms with van der Waals surface area (Å²) in [6.07, 6.45) is 5.83. The van der Waals surface area contributed by atoms with Crippen molar-refractivity contribution in [2.45, 2.75) is 25.8 Å². The lowest BCUT2D eigenvalue weighted by molar-refractivity contribution is 0.324. The molecule has 1 saturated heterocycles. The fraction of sp³-hybridized carbons (Fsp3) is 0.556. The highest BCUT2D eigenvalue weighted by Crippen LogP contribution is 2.16. The molecule has 0 saturated carbocycles. The van der Waals surface area contributed by atoms with Gasteiger partial charge in [0.05, 0.1) is 0 Å². The Balaban J connectivity index is 1.98. The van der Waals surface area contributed by atoms with Gasteiger partial charge in [0.1, 0.15) is 12.1 Å². The van der Waals surface area contributed by atoms with E-state index in [-0.39, 0.29) is 0 Å². The van der Waals surface area contributed by atoms with Crippen molar-refractivity contribution in [2.24, 2.45) is 0 Å². The van der Waals surface area contributed by atoms with Gasteiger partial charge < -0.3 is 5.43 Å². The SMILES string of the molecule is CC1CCCN1Nc1ccncn1. The molecule has 1 fully saturated rings. The predicted octanol–water partition coefficient (Wildman–Crippen LogP) is 1.29. The van der Waals surface area contributed by atoms with Crippen molar-refractivity contribution < 1.29 is 0 Å². The number of hydrazine groups is 1. The van der Waals surface area contributed by atoms with Gasteiger partial charge in [0.25, 0.3) is 0 Å². The second-order valence-electron chi connectivity index (χ2n) is 3.39. The quantitative estimate of drug-likeness (QED) is 0.740. The third-order valence-electron chi connectivity index (χ3n) is 2.39. The maximum absolute atomic E-state index is 4.11. The van der Waals surface area contributed by atoms with E-state index >= 15 is 0 Å². The minimum Gasteiger partial charge on any atom is -0.303 e. The lowest BCUT2D eigenvalue weighted by Crippen LogP contribution is -2.32. The summed E-state index contributed by atoms with van der Waals surface area (Å²) in [4.78, 5) is 7.98. The Kier molecular flexibility index (Phi) is 2.40. The van der Waals surface area contributed by atoms with Gasteiger partial charge in [-0.15, -0.1) is 0 Å². The Hall–Kier alpha value is -1.16. The van der Waals surface area contributed by atoms with E-state index in [1.54, 1.807) is 12.5 Å². The predicted molar refractivity (Wildman–Crippen MR) is 51.1 cm³/mol. The van der Waals surface area contributed by atoms with E-state index in [0.717, 1.165) is 12.4 Å². The van der Waals surface area contributed by atoms with Crippen molar-refractivity contribution in [3.63, 3.8) is 0 Å². The summed E-state index contributed by atoms with van der Waals surface area (Å²) in [6, 6.07) is 2.49. The molecule has 1 unspecified atom stereocenters. The van der Waals surface area contributed by atoms with Crippen molar-refractivity contribution in [1.82, 2.24) is 15.0 Å². The summed E-state index contributed by atoms with van der Waals surface area (Å²) in [5, 5.41) is 2.22. The van der Waals surface area contributed by atoms with Gasteiger partial charge in [0.15, 0.2) is 0 Å². The fourth-order valence-corrected chi connectivity index (χ4v) is 1.60. The maximum atomic E-state index is 4.11. The van der Waals surface area contributed by atoms with Crippen molar-refractivity contribution in [2.75, 3.05) is 12.0 Å². The van der Waals surface area contributed by atoms with Crippen LogP contribution in [0.4, 0.5) is 5.82 Å². The number of nitrogens with zero attached hydrogens (tertiary/aromatic N) is 3. The fourth-order valence-electron chi connectivity index (χ4n) is 1.60. The van der Waals surface area contributed by atoms with Crippen LogP contribution < -0.4 is 5.43 Å². The Labute approximate surface area is 78.0 Å². The average molecular weight is 178 g/mol. The Morgan fingerprint density at radius 2 is 2.54 bits per heavy atom. The van der Waals surface area contributed by atoms with Crippen molar-refractivity contribution >= 4 is 5.82 Å². The van der Waals surface area contributed by atoms with Crippen LogP contribution in [0.5, 0.6) is 0 Å². The van der Waals surface area contributed by atoms with Crippen LogP contribution in [0.25, 0.3) is 0 Å². The Morgan fingerprint density at radius 1 is 1.62 bits per heavy atom. The van der Waals surface area contributed by atoms with Gasteiger partial charge in [-0.05, 0) is 19.8 Å². The lowest BCUT2D eigenvalue weighted by atomic mass is 10.3. The molecule has 0 spiro atoms. The molecule has 70 valence electrons. The van der Waals surface area contributed by atoms with Crippen molar-refractivity contribution in [3.8, 4) is 0 Å². The molecule has 0 aromatic carbocycles. The first-order valence-electron chi connectivity index (χ1n) is 4.65. The molecular weight excluding hydrogens is 164 g/mol. The van der Waals surface area contributed by atoms with Crippen molar-refractivity contribution in [3.05, 3.63) is 18.6 Å². The summed E-state index contributed by atoms with van der Waals surface area (Å²) in [7, 11) is 0. The van der Waals surface area contributed by atoms with Gasteiger partial charge in [-0.1, -0.05) is 0 Å². The topological polar surface area (TPSA) is 41.0 Å². The van der Waals surface area contributed by atoms with Crippen LogP contribution in [-0.2, 0) is 0 Å². The van der Waals surface area contributed by atoms with E-state index in [9.17, 15) is 0 Å². The molecule has 1 aliphatic rings. The summed E-state index contributed by atoms with van der Waals surface area (Å²) in [5.41, 5.74) is 3.27. The van der Waals surface area contributed by atoms with E-state index < -0.39 is 0 Å². The molecule has 1 aromatic rings. The van der Waals surface area contributed by atoms with Crippen LogP contribution in [0.3, 0.4) is 0 Å². The summed E-state index contributed by atoms with van der Waals surface area (Å²) >= 11 is 0. The zero-order valence-electron chi connectivity index (χ0n) is 7.77. The molecule has 1 aromatic heterocycles. The number of hydrogen-bond acceptors (Lipinski definition) is 4. The number of hydrogen-bond donors (Lipinski definition) is 1. The number of rotatable bonds is 2. The third kappa shape index (κ3) is 1.95. The molecule has 1 N–H and O–H groups in total. The third-order valence-corrected chi connectivity index (χ3v) is 2.39. The highest BCUT2D eigenvalue weighted by atomic mass is 15.5. The monoisotopic (exact) mass is 178 g/mol. The normalized spacial score (nSPS) is 23.3. The van der Waals surface area contributed by atoms with Gasteiger partial charge >= 0.3 is 0 Å². The zero-order valence-corrected chi connectivity index (χ0v) is 7.77. The molecule has 0 aliphatic carbocycles. The summed E-state index contributed by atoms with van der Waals surface area (Å²) in [6.45, 7) is 3.33. The minimum absolute atomic E-state index is 0.606. The van der Waals surface area contributed by atoms with Crippen LogP contribution in [0.2, 0.25) is 0 Å². The second-order valence-corrected chi connectivity index (χ2v) is 3.39. The number of nitrogens with one attached hydrogen (secondary N) is 1. The second kappa shape index (κ2) is 3.70. The molecule has 1 aliphatic heterocycles. The highest BCUT2D eigenvalue weighted by molar-refractivity contribution is 5.30. The molecule has 2 heterocycles. The molecule has 0 amide bonds. The van der Waals surface area contributed by atoms with Crippen LogP contribution in [0.1, 0.15) is 19.8 Å². The molecule has 4 nitrogen and oxygen atoms in total. The largest absolute Gasteiger partial charge is 0.303 e. The smallest absolute Gasteiger partial charge is 0.143 e. The molecule has 1 atom stereocenters. The highest BCUT2D eigenvalue weighted by Gasteiger charge is 2.19. The molecular formula is C9H14N4. The van der Waals surface area contributed by atoms with Crippen LogP contribution in [0, 0.1) is 0 Å². The van der Waals surface area contributed by atoms with E-state index in [4.69, 9.17) is 0 Å². The molecule has 13 heavy (non-hydrogen) atoms. The van der Waals surface area contributed by atoms with Gasteiger partial charge in [0.2, 0.25) is 0 Å². The Bertz CT molecular complexity index is 262. The Morgan fingerprint density at radius 3 is 3.15 bits per heavy atom. The van der Waals surface area contributed by atoms with E-state index in [0.29, 0.717) is 6.04 Å². The standard InChI is InChI=1S/C9H14N4/c1-8-3-2-6-13(8)12-9-4-5-10-7-11-9/h4-5,7-8H,2-3,6H2,1H3,(H,10,11,12). The van der Waals surface area contributed by atoms with Gasteiger partial charge in [-0.2, -0.15) is 0 Å². The first-order chi connectivity index (χ1) is 6.36. The van der Waals surface area contributed by atoms with E-state index in [1.807, 2.05) is 6.07 Å². The van der Waals surface area contributed by atoms with Crippen molar-refractivity contribution in [1.29, 1.82) is 0 Å². The number of anilines is 1. The van der Waals surface area contributed by atoms with Crippen LogP contribution in [-0.4, -0.2) is 27.6 Å². The molecule has 0 bridgehead atoms. The van der Waals surface area contributed by atoms with Gasteiger partial charge in [0, 0.05) is 24.8 Å². The molecule has 0 radical (unpaired) electrons. The van der Waals surface area contributed by atoms with Crippen LogP contribution in [0.15, 0.2) is 18.6 Å². The van der Waals surface area contributed by atoms with Gasteiger partial charge in [-0.25, -0.2) is 15.0 Å². The zero-order chi connectivity index (χ0) is 9.10. The lowest BCUT2D eigenvalue weighted by Gasteiger charge is -2.21. The maximum Gasteiger partial charge on any atom is 0.143 e. The average Bonchev–Trinajstić information content (AvgIpc) is 2.54.